The molecule has 100 valence electrons. The third-order valence-electron chi connectivity index (χ3n) is 2.74. The zero-order valence-corrected chi connectivity index (χ0v) is 10.4. The van der Waals surface area contributed by atoms with Gasteiger partial charge in [0.15, 0.2) is 0 Å². The van der Waals surface area contributed by atoms with Crippen LogP contribution in [0.4, 0.5) is 4.79 Å². The molecule has 1 aromatic carbocycles. The van der Waals surface area contributed by atoms with Gasteiger partial charge < -0.3 is 9.84 Å². The van der Waals surface area contributed by atoms with Gasteiger partial charge in [-0.05, 0) is 25.1 Å². The van der Waals surface area contributed by atoms with Gasteiger partial charge >= 0.3 is 12.1 Å². The van der Waals surface area contributed by atoms with Crippen molar-refractivity contribution in [1.82, 2.24) is 9.36 Å². The fraction of sp³-hybridized carbons (Fsp3) is 0.250. The number of hydrogen-bond donors (Lipinski definition) is 1. The topological polar surface area (TPSA) is 90.5 Å². The van der Waals surface area contributed by atoms with Crippen molar-refractivity contribution in [3.8, 4) is 0 Å². The third kappa shape index (κ3) is 1.99. The molecule has 1 N–H and O–H groups in total. The Morgan fingerprint density at radius 2 is 2.05 bits per heavy atom. The van der Waals surface area contributed by atoms with E-state index in [0.29, 0.717) is 5.52 Å². The summed E-state index contributed by atoms with van der Waals surface area (Å²) >= 11 is 0. The van der Waals surface area contributed by atoms with Gasteiger partial charge in [0, 0.05) is 7.05 Å². The summed E-state index contributed by atoms with van der Waals surface area (Å²) in [6.07, 6.45) is -0.680. The number of carboxylic acids is 1. The van der Waals surface area contributed by atoms with Crippen molar-refractivity contribution >= 4 is 23.0 Å². The molecule has 0 saturated heterocycles. The standard InChI is InChI=1S/C12H12N2O5/c1-3-19-12(18)14-9-5-4-7(11(16)17)6-8(9)10(15)13(14)2/h4-6H,3H2,1-2H3,(H,16,17). The molecular formula is C12H12N2O5. The molecule has 0 spiro atoms. The van der Waals surface area contributed by atoms with E-state index in [-0.39, 0.29) is 17.6 Å². The number of rotatable bonds is 2. The smallest absolute Gasteiger partial charge is 0.433 e. The Kier molecular flexibility index (Phi) is 3.12. The molecule has 0 aliphatic carbocycles. The van der Waals surface area contributed by atoms with Crippen LogP contribution in [0.5, 0.6) is 0 Å². The van der Waals surface area contributed by atoms with Crippen molar-refractivity contribution in [2.24, 2.45) is 7.05 Å². The number of fused-ring (bicyclic) bond motifs is 1. The van der Waals surface area contributed by atoms with Crippen LogP contribution in [-0.4, -0.2) is 33.1 Å². The molecule has 0 amide bonds. The summed E-state index contributed by atoms with van der Waals surface area (Å²) in [5.74, 6) is -1.13. The fourth-order valence-electron chi connectivity index (χ4n) is 1.86. The maximum atomic E-state index is 12.0. The van der Waals surface area contributed by atoms with Crippen LogP contribution in [0.2, 0.25) is 0 Å². The minimum Gasteiger partial charge on any atom is -0.478 e. The normalized spacial score (nSPS) is 10.6. The fourth-order valence-corrected chi connectivity index (χ4v) is 1.86. The number of hydrogen-bond acceptors (Lipinski definition) is 4. The molecule has 0 atom stereocenters. The number of carbonyl (C=O) groups is 2. The molecular weight excluding hydrogens is 252 g/mol. The number of nitrogens with zero attached hydrogens (tertiary/aromatic N) is 2. The number of aromatic carboxylic acids is 1. The Morgan fingerprint density at radius 3 is 2.63 bits per heavy atom. The summed E-state index contributed by atoms with van der Waals surface area (Å²) in [5, 5.41) is 9.06. The minimum absolute atomic E-state index is 0.00814. The van der Waals surface area contributed by atoms with Crippen LogP contribution in [0.1, 0.15) is 17.3 Å². The Morgan fingerprint density at radius 1 is 1.37 bits per heavy atom. The van der Waals surface area contributed by atoms with Gasteiger partial charge in [0.1, 0.15) is 0 Å². The summed E-state index contributed by atoms with van der Waals surface area (Å²) in [5.41, 5.74) is -0.145. The van der Waals surface area contributed by atoms with E-state index in [1.165, 1.54) is 25.2 Å². The van der Waals surface area contributed by atoms with Gasteiger partial charge in [-0.1, -0.05) is 0 Å². The Hall–Kier alpha value is -2.57. The van der Waals surface area contributed by atoms with Crippen LogP contribution in [0.25, 0.3) is 10.9 Å². The highest BCUT2D eigenvalue weighted by molar-refractivity contribution is 5.95. The number of carboxylic acid groups (broad SMARTS) is 1. The van der Waals surface area contributed by atoms with Crippen molar-refractivity contribution < 1.29 is 19.4 Å². The van der Waals surface area contributed by atoms with Crippen molar-refractivity contribution in [3.63, 3.8) is 0 Å². The van der Waals surface area contributed by atoms with Gasteiger partial charge in [-0.25, -0.2) is 14.3 Å². The van der Waals surface area contributed by atoms with Gasteiger partial charge in [-0.15, -0.1) is 0 Å². The molecule has 0 saturated carbocycles. The van der Waals surface area contributed by atoms with E-state index in [2.05, 4.69) is 0 Å². The molecule has 2 rings (SSSR count). The zero-order chi connectivity index (χ0) is 14.2. The number of carbonyl (C=O) groups excluding carboxylic acids is 1. The Labute approximate surface area is 107 Å². The maximum Gasteiger partial charge on any atom is 0.433 e. The van der Waals surface area contributed by atoms with Gasteiger partial charge in [0.25, 0.3) is 5.56 Å². The predicted molar refractivity (Wildman–Crippen MR) is 66.6 cm³/mol. The molecule has 1 heterocycles. The van der Waals surface area contributed by atoms with Gasteiger partial charge in [0.2, 0.25) is 0 Å². The summed E-state index contributed by atoms with van der Waals surface area (Å²) in [6.45, 7) is 1.84. The first kappa shape index (κ1) is 12.9. The highest BCUT2D eigenvalue weighted by Gasteiger charge is 2.18. The van der Waals surface area contributed by atoms with Crippen molar-refractivity contribution in [2.45, 2.75) is 6.92 Å². The average Bonchev–Trinajstić information content (AvgIpc) is 2.62. The van der Waals surface area contributed by atoms with Crippen LogP contribution >= 0.6 is 0 Å². The number of ether oxygens (including phenoxy) is 1. The molecule has 0 bridgehead atoms. The maximum absolute atomic E-state index is 12.0. The molecule has 2 aromatic rings. The monoisotopic (exact) mass is 264 g/mol. The van der Waals surface area contributed by atoms with E-state index < -0.39 is 17.6 Å². The number of aromatic nitrogens is 2. The van der Waals surface area contributed by atoms with Crippen LogP contribution < -0.4 is 5.56 Å². The van der Waals surface area contributed by atoms with Crippen LogP contribution in [-0.2, 0) is 11.8 Å². The Balaban J connectivity index is 2.74. The second-order valence-electron chi connectivity index (χ2n) is 3.88. The first-order chi connectivity index (χ1) is 8.97. The van der Waals surface area contributed by atoms with E-state index in [1.807, 2.05) is 0 Å². The minimum atomic E-state index is -1.13. The lowest BCUT2D eigenvalue weighted by Crippen LogP contribution is -2.25. The number of benzene rings is 1. The summed E-state index contributed by atoms with van der Waals surface area (Å²) in [4.78, 5) is 34.6. The second kappa shape index (κ2) is 4.60. The molecule has 0 unspecified atom stereocenters. The lowest BCUT2D eigenvalue weighted by atomic mass is 10.1. The summed E-state index contributed by atoms with van der Waals surface area (Å²) in [7, 11) is 1.42. The van der Waals surface area contributed by atoms with Crippen LogP contribution in [0.15, 0.2) is 23.0 Å². The SMILES string of the molecule is CCOC(=O)n1c2ccc(C(=O)O)cc2c(=O)n1C. The van der Waals surface area contributed by atoms with Crippen molar-refractivity contribution in [2.75, 3.05) is 6.61 Å². The van der Waals surface area contributed by atoms with Gasteiger partial charge in [-0.2, -0.15) is 4.68 Å². The molecule has 0 radical (unpaired) electrons. The molecule has 7 heteroatoms. The lowest BCUT2D eigenvalue weighted by molar-refractivity contribution is 0.0697. The molecule has 19 heavy (non-hydrogen) atoms. The van der Waals surface area contributed by atoms with E-state index in [1.54, 1.807) is 6.92 Å². The predicted octanol–water partition coefficient (Wildman–Crippen LogP) is 1.04. The van der Waals surface area contributed by atoms with E-state index >= 15 is 0 Å². The van der Waals surface area contributed by atoms with Crippen LogP contribution in [0.3, 0.4) is 0 Å². The van der Waals surface area contributed by atoms with E-state index in [0.717, 1.165) is 9.36 Å². The molecule has 0 fully saturated rings. The second-order valence-corrected chi connectivity index (χ2v) is 3.88. The molecule has 1 aromatic heterocycles. The van der Waals surface area contributed by atoms with Crippen LogP contribution in [0, 0.1) is 0 Å². The molecule has 0 aliphatic heterocycles. The van der Waals surface area contributed by atoms with Gasteiger partial charge in [-0.3, -0.25) is 4.79 Å². The van der Waals surface area contributed by atoms with E-state index in [4.69, 9.17) is 9.84 Å². The first-order valence-electron chi connectivity index (χ1n) is 5.59. The zero-order valence-electron chi connectivity index (χ0n) is 10.4. The summed E-state index contributed by atoms with van der Waals surface area (Å²) in [6, 6.07) is 3.99. The van der Waals surface area contributed by atoms with Crippen molar-refractivity contribution in [3.05, 3.63) is 34.1 Å². The van der Waals surface area contributed by atoms with Gasteiger partial charge in [0.05, 0.1) is 23.1 Å². The van der Waals surface area contributed by atoms with Crippen molar-refractivity contribution in [1.29, 1.82) is 0 Å². The molecule has 7 nitrogen and oxygen atoms in total. The third-order valence-corrected chi connectivity index (χ3v) is 2.74. The quantitative estimate of drug-likeness (QED) is 0.875. The highest BCUT2D eigenvalue weighted by atomic mass is 16.6. The largest absolute Gasteiger partial charge is 0.478 e. The summed E-state index contributed by atoms with van der Waals surface area (Å²) < 4.78 is 7.02. The first-order valence-corrected chi connectivity index (χ1v) is 5.59. The van der Waals surface area contributed by atoms with E-state index in [9.17, 15) is 14.4 Å². The Bertz CT molecular complexity index is 726. The highest BCUT2D eigenvalue weighted by Crippen LogP contribution is 2.14. The lowest BCUT2D eigenvalue weighted by Gasteiger charge is -2.06. The average molecular weight is 264 g/mol. The molecule has 0 aliphatic rings.